The number of aryl methyl sites for hydroxylation is 1. The van der Waals surface area contributed by atoms with Gasteiger partial charge in [-0.1, -0.05) is 5.16 Å². The molecule has 0 radical (unpaired) electrons. The molecule has 21 heavy (non-hydrogen) atoms. The van der Waals surface area contributed by atoms with Gasteiger partial charge in [0.1, 0.15) is 0 Å². The summed E-state index contributed by atoms with van der Waals surface area (Å²) in [5.41, 5.74) is 0.666. The highest BCUT2D eigenvalue weighted by atomic mass is 16.5. The summed E-state index contributed by atoms with van der Waals surface area (Å²) in [6, 6.07) is 5.47. The van der Waals surface area contributed by atoms with E-state index in [0.29, 0.717) is 30.4 Å². The molecule has 0 atom stereocenters. The third kappa shape index (κ3) is 4.30. The van der Waals surface area contributed by atoms with Crippen molar-refractivity contribution in [3.05, 3.63) is 41.5 Å². The second-order valence-corrected chi connectivity index (χ2v) is 4.25. The van der Waals surface area contributed by atoms with Crippen molar-refractivity contribution in [1.82, 2.24) is 15.5 Å². The van der Waals surface area contributed by atoms with Crippen LogP contribution >= 0.6 is 0 Å². The third-order valence-electron chi connectivity index (χ3n) is 2.58. The number of hydrogen-bond donors (Lipinski definition) is 3. The summed E-state index contributed by atoms with van der Waals surface area (Å²) in [7, 11) is 0. The van der Waals surface area contributed by atoms with E-state index in [1.165, 1.54) is 24.3 Å². The Balaban J connectivity index is 1.77. The Hall–Kier alpha value is -2.90. The molecular formula is C13H14N4O4. The highest BCUT2D eigenvalue weighted by Crippen LogP contribution is 2.09. The summed E-state index contributed by atoms with van der Waals surface area (Å²) in [4.78, 5) is 26.3. The molecule has 0 saturated carbocycles. The van der Waals surface area contributed by atoms with Gasteiger partial charge in [-0.2, -0.15) is 4.98 Å². The van der Waals surface area contributed by atoms with E-state index < -0.39 is 12.0 Å². The van der Waals surface area contributed by atoms with Crippen LogP contribution in [0.1, 0.15) is 22.1 Å². The van der Waals surface area contributed by atoms with Crippen LogP contribution in [0.25, 0.3) is 0 Å². The second kappa shape index (κ2) is 6.51. The average molecular weight is 290 g/mol. The second-order valence-electron chi connectivity index (χ2n) is 4.25. The van der Waals surface area contributed by atoms with E-state index in [-0.39, 0.29) is 5.56 Å². The van der Waals surface area contributed by atoms with Crippen LogP contribution in [0.3, 0.4) is 0 Å². The average Bonchev–Trinajstić information content (AvgIpc) is 2.85. The quantitative estimate of drug-likeness (QED) is 0.767. The smallest absolute Gasteiger partial charge is 0.335 e. The van der Waals surface area contributed by atoms with Gasteiger partial charge in [-0.05, 0) is 31.2 Å². The highest BCUT2D eigenvalue weighted by molar-refractivity contribution is 5.91. The molecule has 0 fully saturated rings. The van der Waals surface area contributed by atoms with Crippen molar-refractivity contribution in [3.63, 3.8) is 0 Å². The van der Waals surface area contributed by atoms with Crippen LogP contribution in [-0.2, 0) is 6.42 Å². The predicted molar refractivity (Wildman–Crippen MR) is 73.2 cm³/mol. The van der Waals surface area contributed by atoms with E-state index in [1.807, 2.05) is 0 Å². The monoisotopic (exact) mass is 290 g/mol. The van der Waals surface area contributed by atoms with Gasteiger partial charge in [-0.25, -0.2) is 9.59 Å². The first-order valence-corrected chi connectivity index (χ1v) is 6.22. The number of carbonyl (C=O) groups excluding carboxylic acids is 1. The van der Waals surface area contributed by atoms with Crippen LogP contribution in [0.15, 0.2) is 28.8 Å². The molecule has 3 N–H and O–H groups in total. The molecule has 0 aliphatic heterocycles. The summed E-state index contributed by atoms with van der Waals surface area (Å²) in [5, 5.41) is 17.6. The molecule has 0 unspecified atom stereocenters. The first kappa shape index (κ1) is 14.5. The number of carbonyl (C=O) groups is 2. The maximum atomic E-state index is 11.6. The van der Waals surface area contributed by atoms with Gasteiger partial charge in [0.05, 0.1) is 5.56 Å². The van der Waals surface area contributed by atoms with E-state index in [4.69, 9.17) is 9.63 Å². The largest absolute Gasteiger partial charge is 0.478 e. The maximum absolute atomic E-state index is 11.6. The molecule has 0 aliphatic carbocycles. The SMILES string of the molecule is Cc1noc(CCNC(=O)Nc2ccc(C(=O)O)cc2)n1. The topological polar surface area (TPSA) is 117 Å². The number of carboxylic acid groups (broad SMARTS) is 1. The molecule has 110 valence electrons. The minimum atomic E-state index is -1.01. The summed E-state index contributed by atoms with van der Waals surface area (Å²) >= 11 is 0. The fraction of sp³-hybridized carbons (Fsp3) is 0.231. The molecule has 0 saturated heterocycles. The summed E-state index contributed by atoms with van der Waals surface area (Å²) < 4.78 is 4.91. The van der Waals surface area contributed by atoms with Crippen molar-refractivity contribution in [2.75, 3.05) is 11.9 Å². The first-order chi connectivity index (χ1) is 10.0. The number of nitrogens with one attached hydrogen (secondary N) is 2. The van der Waals surface area contributed by atoms with Crippen LogP contribution in [0.5, 0.6) is 0 Å². The van der Waals surface area contributed by atoms with Gasteiger partial charge in [-0.3, -0.25) is 0 Å². The lowest BCUT2D eigenvalue weighted by Gasteiger charge is -2.06. The minimum absolute atomic E-state index is 0.160. The number of hydrogen-bond acceptors (Lipinski definition) is 5. The number of nitrogens with zero attached hydrogens (tertiary/aromatic N) is 2. The molecule has 2 amide bonds. The predicted octanol–water partition coefficient (Wildman–Crippen LogP) is 1.44. The van der Waals surface area contributed by atoms with Crippen molar-refractivity contribution in [2.45, 2.75) is 13.3 Å². The normalized spacial score (nSPS) is 10.1. The summed E-state index contributed by atoms with van der Waals surface area (Å²) in [5.74, 6) is -0.00700. The highest BCUT2D eigenvalue weighted by Gasteiger charge is 2.06. The lowest BCUT2D eigenvalue weighted by Crippen LogP contribution is -2.30. The standard InChI is InChI=1S/C13H14N4O4/c1-8-15-11(21-17-8)6-7-14-13(20)16-10-4-2-9(3-5-10)12(18)19/h2-5H,6-7H2,1H3,(H,18,19)(H2,14,16,20). The van der Waals surface area contributed by atoms with Crippen molar-refractivity contribution >= 4 is 17.7 Å². The van der Waals surface area contributed by atoms with Crippen molar-refractivity contribution in [3.8, 4) is 0 Å². The molecule has 0 bridgehead atoms. The maximum Gasteiger partial charge on any atom is 0.335 e. The zero-order valence-corrected chi connectivity index (χ0v) is 11.3. The molecular weight excluding hydrogens is 276 g/mol. The Morgan fingerprint density at radius 3 is 2.57 bits per heavy atom. The fourth-order valence-electron chi connectivity index (χ4n) is 1.60. The van der Waals surface area contributed by atoms with Gasteiger partial charge in [0.2, 0.25) is 5.89 Å². The lowest BCUT2D eigenvalue weighted by molar-refractivity contribution is 0.0697. The summed E-state index contributed by atoms with van der Waals surface area (Å²) in [6.07, 6.45) is 0.437. The Labute approximate surface area is 120 Å². The molecule has 2 rings (SSSR count). The minimum Gasteiger partial charge on any atom is -0.478 e. The fourth-order valence-corrected chi connectivity index (χ4v) is 1.60. The Bertz CT molecular complexity index is 636. The van der Waals surface area contributed by atoms with Gasteiger partial charge in [-0.15, -0.1) is 0 Å². The molecule has 0 spiro atoms. The van der Waals surface area contributed by atoms with Crippen LogP contribution in [-0.4, -0.2) is 33.8 Å². The first-order valence-electron chi connectivity index (χ1n) is 6.22. The molecule has 8 nitrogen and oxygen atoms in total. The number of aromatic nitrogens is 2. The van der Waals surface area contributed by atoms with Gasteiger partial charge in [0, 0.05) is 18.7 Å². The number of rotatable bonds is 5. The number of aromatic carboxylic acids is 1. The van der Waals surface area contributed by atoms with Crippen LogP contribution in [0.2, 0.25) is 0 Å². The molecule has 1 aromatic heterocycles. The third-order valence-corrected chi connectivity index (χ3v) is 2.58. The van der Waals surface area contributed by atoms with Crippen LogP contribution < -0.4 is 10.6 Å². The molecule has 8 heteroatoms. The zero-order chi connectivity index (χ0) is 15.2. The molecule has 1 aromatic carbocycles. The Morgan fingerprint density at radius 1 is 1.29 bits per heavy atom. The van der Waals surface area contributed by atoms with Crippen molar-refractivity contribution in [1.29, 1.82) is 0 Å². The number of amides is 2. The molecule has 1 heterocycles. The molecule has 2 aromatic rings. The van der Waals surface area contributed by atoms with E-state index in [9.17, 15) is 9.59 Å². The van der Waals surface area contributed by atoms with Gasteiger partial charge < -0.3 is 20.3 Å². The van der Waals surface area contributed by atoms with Crippen molar-refractivity contribution < 1.29 is 19.2 Å². The van der Waals surface area contributed by atoms with Crippen molar-refractivity contribution in [2.24, 2.45) is 0 Å². The van der Waals surface area contributed by atoms with Gasteiger partial charge in [0.15, 0.2) is 5.82 Å². The zero-order valence-electron chi connectivity index (χ0n) is 11.3. The van der Waals surface area contributed by atoms with E-state index in [1.54, 1.807) is 6.92 Å². The summed E-state index contributed by atoms with van der Waals surface area (Å²) in [6.45, 7) is 2.06. The van der Waals surface area contributed by atoms with Gasteiger partial charge >= 0.3 is 12.0 Å². The number of anilines is 1. The lowest BCUT2D eigenvalue weighted by atomic mass is 10.2. The van der Waals surface area contributed by atoms with Gasteiger partial charge in [0.25, 0.3) is 0 Å². The van der Waals surface area contributed by atoms with E-state index >= 15 is 0 Å². The van der Waals surface area contributed by atoms with Crippen LogP contribution in [0, 0.1) is 6.92 Å². The number of urea groups is 1. The number of benzene rings is 1. The van der Waals surface area contributed by atoms with E-state index in [2.05, 4.69) is 20.8 Å². The van der Waals surface area contributed by atoms with Crippen LogP contribution in [0.4, 0.5) is 10.5 Å². The Kier molecular flexibility index (Phi) is 4.50. The Morgan fingerprint density at radius 2 is 2.00 bits per heavy atom. The van der Waals surface area contributed by atoms with E-state index in [0.717, 1.165) is 0 Å². The number of carboxylic acids is 1. The molecule has 0 aliphatic rings.